The van der Waals surface area contributed by atoms with Gasteiger partial charge in [-0.2, -0.15) is 0 Å². The smallest absolute Gasteiger partial charge is 0.147 e. The van der Waals surface area contributed by atoms with Gasteiger partial charge in [-0.05, 0) is 0 Å². The van der Waals surface area contributed by atoms with Gasteiger partial charge >= 0.3 is 0 Å². The van der Waals surface area contributed by atoms with Gasteiger partial charge in [-0.25, -0.2) is 0 Å². The highest BCUT2D eigenvalue weighted by Crippen LogP contribution is 2.14. The number of aliphatic hydroxyl groups excluding tert-OH is 4. The molecule has 0 saturated carbocycles. The van der Waals surface area contributed by atoms with Crippen LogP contribution in [0.15, 0.2) is 0 Å². The molecule has 0 aromatic heterocycles. The molecule has 0 unspecified atom stereocenters. The monoisotopic (exact) mass is 194 g/mol. The molecular formula is C7H14O6. The van der Waals surface area contributed by atoms with Crippen LogP contribution in [0.1, 0.15) is 0 Å². The predicted molar refractivity (Wildman–Crippen MR) is 40.8 cm³/mol. The summed E-state index contributed by atoms with van der Waals surface area (Å²) >= 11 is 0. The maximum atomic E-state index is 9.39. The molecule has 1 fully saturated rings. The normalized spacial score (nSPS) is 41.5. The van der Waals surface area contributed by atoms with Crippen LogP contribution in [0.5, 0.6) is 0 Å². The summed E-state index contributed by atoms with van der Waals surface area (Å²) in [5.41, 5.74) is 0. The SMILES string of the molecule is OC[C@@H]1OCO[C@H](CO)[C@@H](O)[C@H]1O. The van der Waals surface area contributed by atoms with E-state index in [0.717, 1.165) is 0 Å². The van der Waals surface area contributed by atoms with Crippen LogP contribution in [0.3, 0.4) is 0 Å². The molecule has 1 heterocycles. The van der Waals surface area contributed by atoms with Gasteiger partial charge in [-0.3, -0.25) is 0 Å². The molecule has 6 nitrogen and oxygen atoms in total. The van der Waals surface area contributed by atoms with E-state index in [-0.39, 0.29) is 6.79 Å². The Balaban J connectivity index is 2.61. The van der Waals surface area contributed by atoms with E-state index in [1.54, 1.807) is 0 Å². The highest BCUT2D eigenvalue weighted by atomic mass is 16.7. The van der Waals surface area contributed by atoms with Gasteiger partial charge in [0, 0.05) is 0 Å². The standard InChI is InChI=1S/C7H14O6/c8-1-4-6(10)7(11)5(2-9)13-3-12-4/h4-11H,1-3H2/t4-,5+,6-,7+. The summed E-state index contributed by atoms with van der Waals surface area (Å²) < 4.78 is 9.75. The largest absolute Gasteiger partial charge is 0.394 e. The Hall–Kier alpha value is -0.240. The molecule has 6 heteroatoms. The summed E-state index contributed by atoms with van der Waals surface area (Å²) in [5, 5.41) is 36.3. The lowest BCUT2D eigenvalue weighted by Crippen LogP contribution is -2.45. The van der Waals surface area contributed by atoms with Gasteiger partial charge in [-0.15, -0.1) is 0 Å². The van der Waals surface area contributed by atoms with Crippen LogP contribution in [-0.2, 0) is 9.47 Å². The molecule has 13 heavy (non-hydrogen) atoms. The first-order valence-corrected chi connectivity index (χ1v) is 4.01. The average Bonchev–Trinajstić information content (AvgIpc) is 2.28. The molecule has 78 valence electrons. The molecule has 1 rings (SSSR count). The van der Waals surface area contributed by atoms with Crippen molar-refractivity contribution in [1.82, 2.24) is 0 Å². The van der Waals surface area contributed by atoms with Crippen LogP contribution in [0.4, 0.5) is 0 Å². The molecule has 1 aliphatic rings. The Morgan fingerprint density at radius 2 is 1.31 bits per heavy atom. The molecule has 4 N–H and O–H groups in total. The second-order valence-corrected chi connectivity index (χ2v) is 2.87. The van der Waals surface area contributed by atoms with Gasteiger partial charge < -0.3 is 29.9 Å². The minimum Gasteiger partial charge on any atom is -0.394 e. The second kappa shape index (κ2) is 4.85. The van der Waals surface area contributed by atoms with Crippen LogP contribution in [0.25, 0.3) is 0 Å². The summed E-state index contributed by atoms with van der Waals surface area (Å²) in [6.45, 7) is -0.968. The van der Waals surface area contributed by atoms with E-state index in [1.165, 1.54) is 0 Å². The lowest BCUT2D eigenvalue weighted by molar-refractivity contribution is -0.123. The van der Waals surface area contributed by atoms with Crippen LogP contribution in [0, 0.1) is 0 Å². The van der Waals surface area contributed by atoms with Crippen molar-refractivity contribution in [2.75, 3.05) is 20.0 Å². The lowest BCUT2D eigenvalue weighted by atomic mass is 10.0. The van der Waals surface area contributed by atoms with Crippen molar-refractivity contribution in [3.8, 4) is 0 Å². The van der Waals surface area contributed by atoms with Crippen molar-refractivity contribution in [3.63, 3.8) is 0 Å². The van der Waals surface area contributed by atoms with Gasteiger partial charge in [0.25, 0.3) is 0 Å². The molecule has 0 aliphatic carbocycles. The maximum absolute atomic E-state index is 9.39. The third kappa shape index (κ3) is 2.37. The number of aliphatic hydroxyl groups is 4. The molecule has 1 saturated heterocycles. The zero-order chi connectivity index (χ0) is 9.84. The minimum atomic E-state index is -1.25. The Morgan fingerprint density at radius 3 is 1.62 bits per heavy atom. The van der Waals surface area contributed by atoms with Crippen LogP contribution < -0.4 is 0 Å². The molecule has 4 atom stereocenters. The number of ether oxygens (including phenoxy) is 2. The first-order chi connectivity index (χ1) is 6.20. The topological polar surface area (TPSA) is 99.4 Å². The highest BCUT2D eigenvalue weighted by molar-refractivity contribution is 4.83. The zero-order valence-corrected chi connectivity index (χ0v) is 7.04. The van der Waals surface area contributed by atoms with E-state index in [0.29, 0.717) is 0 Å². The minimum absolute atomic E-state index is 0.162. The lowest BCUT2D eigenvalue weighted by Gasteiger charge is -2.23. The molecule has 0 spiro atoms. The van der Waals surface area contributed by atoms with Crippen molar-refractivity contribution in [1.29, 1.82) is 0 Å². The Labute approximate surface area is 75.3 Å². The zero-order valence-electron chi connectivity index (χ0n) is 7.04. The van der Waals surface area contributed by atoms with E-state index in [9.17, 15) is 10.2 Å². The molecule has 0 radical (unpaired) electrons. The first-order valence-electron chi connectivity index (χ1n) is 4.01. The van der Waals surface area contributed by atoms with Crippen molar-refractivity contribution in [2.24, 2.45) is 0 Å². The molecule has 0 aromatic rings. The number of hydrogen-bond donors (Lipinski definition) is 4. The third-order valence-corrected chi connectivity index (χ3v) is 2.04. The fraction of sp³-hybridized carbons (Fsp3) is 1.00. The van der Waals surface area contributed by atoms with Gasteiger partial charge in [-0.1, -0.05) is 0 Å². The van der Waals surface area contributed by atoms with Crippen LogP contribution in [-0.4, -0.2) is 64.8 Å². The first kappa shape index (κ1) is 10.8. The number of hydrogen-bond acceptors (Lipinski definition) is 6. The van der Waals surface area contributed by atoms with Crippen molar-refractivity contribution in [2.45, 2.75) is 24.4 Å². The molecule has 1 aliphatic heterocycles. The molecule has 0 aromatic carbocycles. The Morgan fingerprint density at radius 1 is 0.923 bits per heavy atom. The van der Waals surface area contributed by atoms with Crippen molar-refractivity contribution in [3.05, 3.63) is 0 Å². The molecular weight excluding hydrogens is 180 g/mol. The van der Waals surface area contributed by atoms with E-state index >= 15 is 0 Å². The summed E-state index contributed by atoms with van der Waals surface area (Å²) in [6.07, 6.45) is -4.23. The van der Waals surface area contributed by atoms with E-state index in [1.807, 2.05) is 0 Å². The van der Waals surface area contributed by atoms with Crippen LogP contribution >= 0.6 is 0 Å². The van der Waals surface area contributed by atoms with Gasteiger partial charge in [0.05, 0.1) is 13.2 Å². The average molecular weight is 194 g/mol. The molecule has 0 amide bonds. The van der Waals surface area contributed by atoms with Crippen LogP contribution in [0.2, 0.25) is 0 Å². The summed E-state index contributed by atoms with van der Waals surface area (Å²) in [5.74, 6) is 0. The highest BCUT2D eigenvalue weighted by Gasteiger charge is 2.35. The summed E-state index contributed by atoms with van der Waals surface area (Å²) in [4.78, 5) is 0. The quantitative estimate of drug-likeness (QED) is 0.386. The Kier molecular flexibility index (Phi) is 4.04. The Bertz CT molecular complexity index is 136. The van der Waals surface area contributed by atoms with Crippen molar-refractivity contribution < 1.29 is 29.9 Å². The summed E-state index contributed by atoms with van der Waals surface area (Å²) in [6, 6.07) is 0. The van der Waals surface area contributed by atoms with Crippen molar-refractivity contribution >= 4 is 0 Å². The fourth-order valence-corrected chi connectivity index (χ4v) is 1.17. The molecule has 0 bridgehead atoms. The predicted octanol–water partition coefficient (Wildman–Crippen LogP) is -2.57. The third-order valence-electron chi connectivity index (χ3n) is 2.04. The van der Waals surface area contributed by atoms with E-state index in [4.69, 9.17) is 19.7 Å². The van der Waals surface area contributed by atoms with Gasteiger partial charge in [0.1, 0.15) is 31.2 Å². The second-order valence-electron chi connectivity index (χ2n) is 2.87. The fourth-order valence-electron chi connectivity index (χ4n) is 1.17. The number of rotatable bonds is 2. The van der Waals surface area contributed by atoms with E-state index in [2.05, 4.69) is 0 Å². The van der Waals surface area contributed by atoms with E-state index < -0.39 is 37.6 Å². The van der Waals surface area contributed by atoms with Gasteiger partial charge in [0.2, 0.25) is 0 Å². The summed E-state index contributed by atoms with van der Waals surface area (Å²) in [7, 11) is 0. The maximum Gasteiger partial charge on any atom is 0.147 e. The van der Waals surface area contributed by atoms with Gasteiger partial charge in [0.15, 0.2) is 0 Å².